The molecule has 3 heterocycles. The summed E-state index contributed by atoms with van der Waals surface area (Å²) in [6, 6.07) is 43.4. The molecule has 0 bridgehead atoms. The third-order valence-corrected chi connectivity index (χ3v) is 15.3. The van der Waals surface area contributed by atoms with Gasteiger partial charge in [-0.15, -0.1) is 0 Å². The Morgan fingerprint density at radius 3 is 1.17 bits per heavy atom. The first-order valence-corrected chi connectivity index (χ1v) is 28.5. The van der Waals surface area contributed by atoms with Gasteiger partial charge in [0.15, 0.2) is 0 Å². The van der Waals surface area contributed by atoms with Gasteiger partial charge in [0.1, 0.15) is 29.5 Å². The Bertz CT molecular complexity index is 3830. The lowest BCUT2D eigenvalue weighted by atomic mass is 9.92. The molecule has 3 saturated carbocycles. The van der Waals surface area contributed by atoms with E-state index in [0.29, 0.717) is 37.0 Å². The van der Waals surface area contributed by atoms with E-state index < -0.39 is 18.3 Å². The molecular formula is C71H66F3N3O5. The zero-order chi connectivity index (χ0) is 57.3. The van der Waals surface area contributed by atoms with E-state index in [2.05, 4.69) is 0 Å². The first-order valence-electron chi connectivity index (χ1n) is 28.5. The van der Waals surface area contributed by atoms with Gasteiger partial charge in [-0.25, -0.2) is 13.2 Å². The zero-order valence-corrected chi connectivity index (χ0v) is 46.1. The zero-order valence-electron chi connectivity index (χ0n) is 46.1. The van der Waals surface area contributed by atoms with Gasteiger partial charge < -0.3 is 15.3 Å². The minimum absolute atomic E-state index is 0.0277. The Hall–Kier alpha value is -8.22. The number of hydrogen-bond acceptors (Lipinski definition) is 8. The van der Waals surface area contributed by atoms with Crippen molar-refractivity contribution in [1.82, 2.24) is 15.0 Å². The molecule has 3 aliphatic rings. The Balaban J connectivity index is 0.000000138. The molecule has 82 heavy (non-hydrogen) atoms. The second-order valence-electron chi connectivity index (χ2n) is 21.5. The molecule has 3 atom stereocenters. The van der Waals surface area contributed by atoms with Crippen LogP contribution in [0.25, 0.3) is 84.3 Å². The number of carbonyl (C=O) groups is 2. The molecule has 9 aromatic rings. The average molecular weight is 1100 g/mol. The van der Waals surface area contributed by atoms with Crippen molar-refractivity contribution in [3.8, 4) is 33.4 Å². The number of rotatable bonds is 18. The van der Waals surface area contributed by atoms with Crippen LogP contribution in [-0.4, -0.2) is 60.7 Å². The maximum atomic E-state index is 13.6. The maximum Gasteiger partial charge on any atom is 0.142 e. The molecule has 0 amide bonds. The van der Waals surface area contributed by atoms with Gasteiger partial charge in [-0.05, 0) is 128 Å². The predicted octanol–water partition coefficient (Wildman–Crippen LogP) is 16.2. The fourth-order valence-corrected chi connectivity index (χ4v) is 10.5. The molecule has 3 aromatic heterocycles. The van der Waals surface area contributed by atoms with Crippen molar-refractivity contribution in [3.63, 3.8) is 0 Å². The number of para-hydroxylation sites is 3. The Morgan fingerprint density at radius 2 is 0.841 bits per heavy atom. The molecule has 3 fully saturated rings. The summed E-state index contributed by atoms with van der Waals surface area (Å²) in [6.07, 6.45) is 17.3. The normalized spacial score (nSPS) is 15.4. The third-order valence-electron chi connectivity index (χ3n) is 15.3. The number of allylic oxidation sites excluding steroid dienone is 1. The quantitative estimate of drug-likeness (QED) is 0.0571. The first kappa shape index (κ1) is 57.0. The number of halogens is 3. The molecule has 8 nitrogen and oxygen atoms in total. The van der Waals surface area contributed by atoms with E-state index in [0.717, 1.165) is 145 Å². The molecule has 0 aliphatic heterocycles. The average Bonchev–Trinajstić information content (AvgIpc) is 3.66. The molecule has 0 radical (unpaired) electrons. The van der Waals surface area contributed by atoms with Gasteiger partial charge in [-0.2, -0.15) is 0 Å². The van der Waals surface area contributed by atoms with Crippen LogP contribution in [0.4, 0.5) is 13.2 Å². The van der Waals surface area contributed by atoms with Crippen molar-refractivity contribution >= 4 is 63.0 Å². The summed E-state index contributed by atoms with van der Waals surface area (Å²) in [5, 5.41) is 33.5. The van der Waals surface area contributed by atoms with Crippen LogP contribution >= 0.6 is 0 Å². The van der Waals surface area contributed by atoms with Crippen molar-refractivity contribution in [2.24, 2.45) is 0 Å². The highest BCUT2D eigenvalue weighted by Crippen LogP contribution is 2.48. The van der Waals surface area contributed by atoms with E-state index in [1.807, 2.05) is 97.9 Å². The monoisotopic (exact) mass is 1100 g/mol. The molecule has 3 unspecified atom stereocenters. The van der Waals surface area contributed by atoms with E-state index >= 15 is 0 Å². The lowest BCUT2D eigenvalue weighted by Crippen LogP contribution is -2.14. The van der Waals surface area contributed by atoms with Gasteiger partial charge in [0, 0.05) is 86.6 Å². The van der Waals surface area contributed by atoms with Gasteiger partial charge in [-0.1, -0.05) is 129 Å². The molecular weight excluding hydrogens is 1030 g/mol. The lowest BCUT2D eigenvalue weighted by molar-refractivity contribution is -0.120. The van der Waals surface area contributed by atoms with Crippen LogP contribution < -0.4 is 0 Å². The number of fused-ring (bicyclic) bond motifs is 3. The summed E-state index contributed by atoms with van der Waals surface area (Å²) in [7, 11) is 0. The fraction of sp³-hybridized carbons (Fsp3) is 0.254. The minimum Gasteiger partial charge on any atom is -0.393 e. The fourth-order valence-electron chi connectivity index (χ4n) is 10.5. The lowest BCUT2D eigenvalue weighted by Gasteiger charge is -2.16. The van der Waals surface area contributed by atoms with E-state index in [9.17, 15) is 38.1 Å². The molecule has 0 saturated heterocycles. The Labute approximate surface area is 476 Å². The van der Waals surface area contributed by atoms with Gasteiger partial charge in [0.2, 0.25) is 0 Å². The first-order chi connectivity index (χ1) is 39.9. The summed E-state index contributed by atoms with van der Waals surface area (Å²) in [5.41, 5.74) is 14.5. The molecule has 11 heteroatoms. The molecule has 6 aromatic carbocycles. The number of aromatic nitrogens is 3. The standard InChI is InChI=1S/C25H26FNO2.C25H24FNO2.C21H16FNO/c2*1-2-19(28)15-20(29)13-14-22-24(16-9-11-18(26)12-10-16)21-5-3-4-6-23(21)27-25(22)17-7-8-17;22-16-11-9-14(10-12-16)20-17-4-1-2-6-19(17)23-21(15-7-8-15)18(20)5-3-13-24/h3-6,9-14,17,19-20,28-29H,2,7-8,15H2,1H3;3-6,9-14,17,20,29H,2,7-8,15H2,1H3;1-6,9-13,15H,7-8H2/b2*14-13+;5-3+. The summed E-state index contributed by atoms with van der Waals surface area (Å²) < 4.78 is 40.5. The smallest absolute Gasteiger partial charge is 0.142 e. The summed E-state index contributed by atoms with van der Waals surface area (Å²) in [5.74, 6) is 0.477. The molecule has 3 N–H and O–H groups in total. The predicted molar refractivity (Wildman–Crippen MR) is 323 cm³/mol. The maximum absolute atomic E-state index is 13.6. The van der Waals surface area contributed by atoms with Crippen LogP contribution in [0.5, 0.6) is 0 Å². The number of carbonyl (C=O) groups excluding carboxylic acids is 2. The van der Waals surface area contributed by atoms with Crippen LogP contribution in [-0.2, 0) is 9.59 Å². The van der Waals surface area contributed by atoms with Gasteiger partial charge in [0.05, 0.1) is 51.9 Å². The SMILES string of the molecule is CCC(=O)CC(O)/C=C/c1c(C2CC2)nc2ccccc2c1-c1ccc(F)cc1.CCC(O)CC(O)/C=C/c1c(C2CC2)nc2ccccc2c1-c1ccc(F)cc1.O=C/C=C/c1c(C2CC2)nc2ccccc2c1-c1ccc(F)cc1. The third kappa shape index (κ3) is 13.7. The number of aliphatic hydroxyl groups is 3. The van der Waals surface area contributed by atoms with Crippen LogP contribution in [0, 0.1) is 17.5 Å². The second-order valence-corrected chi connectivity index (χ2v) is 21.5. The van der Waals surface area contributed by atoms with Crippen molar-refractivity contribution in [2.45, 2.75) is 114 Å². The molecule has 12 rings (SSSR count). The molecule has 0 spiro atoms. The highest BCUT2D eigenvalue weighted by Gasteiger charge is 2.32. The van der Waals surface area contributed by atoms with Crippen LogP contribution in [0.1, 0.15) is 130 Å². The minimum atomic E-state index is -0.831. The summed E-state index contributed by atoms with van der Waals surface area (Å²) >= 11 is 0. The van der Waals surface area contributed by atoms with Gasteiger partial charge in [0.25, 0.3) is 0 Å². The molecule has 3 aliphatic carbocycles. The van der Waals surface area contributed by atoms with E-state index in [1.165, 1.54) is 42.5 Å². The number of nitrogens with zero attached hydrogens (tertiary/aromatic N) is 3. The van der Waals surface area contributed by atoms with Crippen molar-refractivity contribution in [1.29, 1.82) is 0 Å². The summed E-state index contributed by atoms with van der Waals surface area (Å²) in [4.78, 5) is 37.3. The number of benzene rings is 6. The summed E-state index contributed by atoms with van der Waals surface area (Å²) in [6.45, 7) is 3.69. The number of aliphatic hydroxyl groups excluding tert-OH is 3. The van der Waals surface area contributed by atoms with E-state index in [-0.39, 0.29) is 29.7 Å². The van der Waals surface area contributed by atoms with Crippen LogP contribution in [0.3, 0.4) is 0 Å². The highest BCUT2D eigenvalue weighted by molar-refractivity contribution is 6.02. The second kappa shape index (κ2) is 26.1. The van der Waals surface area contributed by atoms with Gasteiger partial charge >= 0.3 is 0 Å². The Morgan fingerprint density at radius 1 is 0.500 bits per heavy atom. The van der Waals surface area contributed by atoms with Gasteiger partial charge in [-0.3, -0.25) is 24.5 Å². The largest absolute Gasteiger partial charge is 0.393 e. The van der Waals surface area contributed by atoms with Crippen LogP contribution in [0.15, 0.2) is 164 Å². The van der Waals surface area contributed by atoms with Crippen molar-refractivity contribution in [2.75, 3.05) is 0 Å². The highest BCUT2D eigenvalue weighted by atomic mass is 19.1. The number of aldehydes is 1. The number of hydrogen-bond donors (Lipinski definition) is 3. The Kier molecular flexibility index (Phi) is 18.2. The van der Waals surface area contributed by atoms with Crippen molar-refractivity contribution < 1.29 is 38.1 Å². The van der Waals surface area contributed by atoms with Crippen molar-refractivity contribution in [3.05, 3.63) is 215 Å². The topological polar surface area (TPSA) is 134 Å². The number of pyridine rings is 3. The van der Waals surface area contributed by atoms with E-state index in [1.54, 1.807) is 55.5 Å². The van der Waals surface area contributed by atoms with Crippen LogP contribution in [0.2, 0.25) is 0 Å². The van der Waals surface area contributed by atoms with E-state index in [4.69, 9.17) is 15.0 Å². The molecule has 416 valence electrons. The number of ketones is 1. The number of Topliss-reactive ketones (excluding diaryl/α,β-unsaturated/α-hetero) is 1.